The lowest BCUT2D eigenvalue weighted by Crippen LogP contribution is -2.05. The van der Waals surface area contributed by atoms with Crippen molar-refractivity contribution in [1.82, 2.24) is 19.7 Å². The lowest BCUT2D eigenvalue weighted by molar-refractivity contribution is 0.738. The molecule has 0 aliphatic heterocycles. The van der Waals surface area contributed by atoms with Gasteiger partial charge in [-0.1, -0.05) is 13.8 Å². The van der Waals surface area contributed by atoms with Crippen molar-refractivity contribution < 1.29 is 0 Å². The molecule has 0 aliphatic carbocycles. The Kier molecular flexibility index (Phi) is 3.43. The highest BCUT2D eigenvalue weighted by Gasteiger charge is 2.08. The van der Waals surface area contributed by atoms with Crippen LogP contribution in [0.3, 0.4) is 0 Å². The van der Waals surface area contributed by atoms with Gasteiger partial charge < -0.3 is 0 Å². The van der Waals surface area contributed by atoms with Crippen molar-refractivity contribution in [2.45, 2.75) is 32.6 Å². The Balaban J connectivity index is 2.36. The van der Waals surface area contributed by atoms with Gasteiger partial charge in [-0.3, -0.25) is 0 Å². The number of hydrogen-bond donors (Lipinski definition) is 0. The van der Waals surface area contributed by atoms with Gasteiger partial charge in [0.1, 0.15) is 0 Å². The molecule has 0 radical (unpaired) electrons. The zero-order valence-electron chi connectivity index (χ0n) is 10.2. The topological polar surface area (TPSA) is 43.6 Å². The summed E-state index contributed by atoms with van der Waals surface area (Å²) in [6.07, 6.45) is 3.63. The molecule has 0 amide bonds. The first-order valence-electron chi connectivity index (χ1n) is 5.56. The molecule has 2 aromatic rings. The van der Waals surface area contributed by atoms with Crippen LogP contribution in [0.2, 0.25) is 0 Å². The van der Waals surface area contributed by atoms with E-state index < -0.39 is 0 Å². The summed E-state index contributed by atoms with van der Waals surface area (Å²) in [7, 11) is 0. The van der Waals surface area contributed by atoms with Gasteiger partial charge >= 0.3 is 0 Å². The van der Waals surface area contributed by atoms with Crippen molar-refractivity contribution >= 4 is 11.6 Å². The van der Waals surface area contributed by atoms with Crippen LogP contribution in [0.4, 0.5) is 0 Å². The number of aryl methyl sites for hydroxylation is 1. The van der Waals surface area contributed by atoms with Crippen LogP contribution in [0.15, 0.2) is 18.5 Å². The molecule has 0 unspecified atom stereocenters. The van der Waals surface area contributed by atoms with E-state index >= 15 is 0 Å². The quantitative estimate of drug-likeness (QED) is 0.787. The average Bonchev–Trinajstić information content (AvgIpc) is 2.78. The molecule has 0 aromatic carbocycles. The van der Waals surface area contributed by atoms with Gasteiger partial charge in [-0.25, -0.2) is 14.6 Å². The Morgan fingerprint density at radius 3 is 2.71 bits per heavy atom. The summed E-state index contributed by atoms with van der Waals surface area (Å²) in [4.78, 5) is 8.65. The van der Waals surface area contributed by atoms with Gasteiger partial charge in [-0.15, -0.1) is 11.6 Å². The highest BCUT2D eigenvalue weighted by atomic mass is 35.5. The van der Waals surface area contributed by atoms with Gasteiger partial charge in [0.2, 0.25) is 0 Å². The summed E-state index contributed by atoms with van der Waals surface area (Å²) >= 11 is 5.77. The first kappa shape index (κ1) is 12.0. The van der Waals surface area contributed by atoms with Gasteiger partial charge in [0.25, 0.3) is 5.95 Å². The molecule has 0 saturated carbocycles. The largest absolute Gasteiger partial charge is 0.250 e. The number of alkyl halides is 1. The minimum Gasteiger partial charge on any atom is -0.219 e. The Hall–Kier alpha value is -1.42. The number of halogens is 1. The molecular weight excluding hydrogens is 236 g/mol. The van der Waals surface area contributed by atoms with E-state index in [9.17, 15) is 0 Å². The fraction of sp³-hybridized carbons (Fsp3) is 0.417. The fourth-order valence-corrected chi connectivity index (χ4v) is 1.74. The van der Waals surface area contributed by atoms with Crippen LogP contribution in [0.25, 0.3) is 5.95 Å². The first-order chi connectivity index (χ1) is 8.11. The molecular formula is C12H15ClN4. The molecule has 2 heterocycles. The lowest BCUT2D eigenvalue weighted by Gasteiger charge is -2.04. The van der Waals surface area contributed by atoms with E-state index in [0.717, 1.165) is 17.0 Å². The minimum atomic E-state index is 0.402. The number of hydrogen-bond acceptors (Lipinski definition) is 3. The maximum atomic E-state index is 5.77. The third-order valence-corrected chi connectivity index (χ3v) is 2.91. The Bertz CT molecular complexity index is 519. The molecule has 90 valence electrons. The van der Waals surface area contributed by atoms with Crippen molar-refractivity contribution in [2.75, 3.05) is 0 Å². The normalized spacial score (nSPS) is 11.1. The zero-order chi connectivity index (χ0) is 12.4. The van der Waals surface area contributed by atoms with Gasteiger partial charge in [0.15, 0.2) is 0 Å². The number of rotatable bonds is 3. The second-order valence-corrected chi connectivity index (χ2v) is 4.52. The predicted molar refractivity (Wildman–Crippen MR) is 67.5 cm³/mol. The van der Waals surface area contributed by atoms with Gasteiger partial charge in [-0.2, -0.15) is 5.10 Å². The van der Waals surface area contributed by atoms with Crippen LogP contribution in [-0.2, 0) is 5.88 Å². The number of nitrogens with zero attached hydrogens (tertiary/aromatic N) is 4. The van der Waals surface area contributed by atoms with Crippen LogP contribution in [0.1, 0.15) is 36.7 Å². The van der Waals surface area contributed by atoms with Crippen molar-refractivity contribution in [2.24, 2.45) is 0 Å². The summed E-state index contributed by atoms with van der Waals surface area (Å²) in [5, 5.41) is 4.44. The molecule has 0 atom stereocenters. The SMILES string of the molecule is Cc1nc(-n2ccc(C(C)C)n2)ncc1CCl. The molecule has 2 rings (SSSR count). The van der Waals surface area contributed by atoms with Crippen molar-refractivity contribution in [3.8, 4) is 5.95 Å². The van der Waals surface area contributed by atoms with Crippen LogP contribution in [0.5, 0.6) is 0 Å². The molecule has 4 nitrogen and oxygen atoms in total. The Labute approximate surface area is 106 Å². The second kappa shape index (κ2) is 4.84. The van der Waals surface area contributed by atoms with Gasteiger partial charge in [-0.05, 0) is 18.9 Å². The molecule has 17 heavy (non-hydrogen) atoms. The molecule has 0 N–H and O–H groups in total. The fourth-order valence-electron chi connectivity index (χ4n) is 1.48. The molecule has 0 bridgehead atoms. The predicted octanol–water partition coefficient (Wildman–Crippen LogP) is 2.83. The third-order valence-electron chi connectivity index (χ3n) is 2.62. The summed E-state index contributed by atoms with van der Waals surface area (Å²) in [6.45, 7) is 6.14. The van der Waals surface area contributed by atoms with Crippen molar-refractivity contribution in [1.29, 1.82) is 0 Å². The summed E-state index contributed by atoms with van der Waals surface area (Å²) in [5.74, 6) is 1.42. The molecule has 0 aliphatic rings. The number of aromatic nitrogens is 4. The second-order valence-electron chi connectivity index (χ2n) is 4.25. The molecule has 5 heteroatoms. The average molecular weight is 251 g/mol. The highest BCUT2D eigenvalue weighted by Crippen LogP contribution is 2.13. The van der Waals surface area contributed by atoms with Crippen LogP contribution >= 0.6 is 11.6 Å². The van der Waals surface area contributed by atoms with Gasteiger partial charge in [0, 0.05) is 23.7 Å². The maximum absolute atomic E-state index is 5.77. The van der Waals surface area contributed by atoms with E-state index in [1.807, 2.05) is 19.2 Å². The van der Waals surface area contributed by atoms with E-state index in [1.165, 1.54) is 0 Å². The van der Waals surface area contributed by atoms with Gasteiger partial charge in [0.05, 0.1) is 11.6 Å². The van der Waals surface area contributed by atoms with E-state index in [-0.39, 0.29) is 0 Å². The van der Waals surface area contributed by atoms with E-state index in [1.54, 1.807) is 10.9 Å². The first-order valence-corrected chi connectivity index (χ1v) is 6.09. The maximum Gasteiger partial charge on any atom is 0.250 e. The zero-order valence-corrected chi connectivity index (χ0v) is 10.9. The molecule has 2 aromatic heterocycles. The smallest absolute Gasteiger partial charge is 0.219 e. The standard InChI is InChI=1S/C12H15ClN4/c1-8(2)11-4-5-17(16-11)12-14-7-10(6-13)9(3)15-12/h4-5,7-8H,6H2,1-3H3. The van der Waals surface area contributed by atoms with Crippen molar-refractivity contribution in [3.05, 3.63) is 35.4 Å². The van der Waals surface area contributed by atoms with E-state index in [4.69, 9.17) is 11.6 Å². The van der Waals surface area contributed by atoms with E-state index in [2.05, 4.69) is 28.9 Å². The highest BCUT2D eigenvalue weighted by molar-refractivity contribution is 6.17. The lowest BCUT2D eigenvalue weighted by atomic mass is 10.1. The summed E-state index contributed by atoms with van der Waals surface area (Å²) in [6, 6.07) is 1.98. The Morgan fingerprint density at radius 1 is 1.41 bits per heavy atom. The Morgan fingerprint density at radius 2 is 2.18 bits per heavy atom. The van der Waals surface area contributed by atoms with Crippen LogP contribution in [0, 0.1) is 6.92 Å². The van der Waals surface area contributed by atoms with Crippen LogP contribution in [-0.4, -0.2) is 19.7 Å². The molecule has 0 fully saturated rings. The monoisotopic (exact) mass is 250 g/mol. The summed E-state index contributed by atoms with van der Waals surface area (Å²) < 4.78 is 1.69. The molecule has 0 saturated heterocycles. The minimum absolute atomic E-state index is 0.402. The third kappa shape index (κ3) is 2.47. The molecule has 0 spiro atoms. The van der Waals surface area contributed by atoms with E-state index in [0.29, 0.717) is 17.7 Å². The van der Waals surface area contributed by atoms with Crippen molar-refractivity contribution in [3.63, 3.8) is 0 Å². The van der Waals surface area contributed by atoms with Crippen LogP contribution < -0.4 is 0 Å². The summed E-state index contributed by atoms with van der Waals surface area (Å²) in [5.41, 5.74) is 2.88.